The molecule has 4 heteroatoms. The van der Waals surface area contributed by atoms with Gasteiger partial charge in [0.05, 0.1) is 5.69 Å². The SMILES string of the molecule is Cc1nc2[nH]cc(C=O)c2cc1Br. The van der Waals surface area contributed by atoms with Gasteiger partial charge in [-0.15, -0.1) is 0 Å². The lowest BCUT2D eigenvalue weighted by molar-refractivity contribution is 0.112. The minimum absolute atomic E-state index is 0.642. The number of carbonyl (C=O) groups excluding carboxylic acids is 1. The molecule has 0 bridgehead atoms. The molecule has 0 unspecified atom stereocenters. The Balaban J connectivity index is 2.84. The zero-order valence-corrected chi connectivity index (χ0v) is 8.55. The summed E-state index contributed by atoms with van der Waals surface area (Å²) in [5.41, 5.74) is 2.30. The van der Waals surface area contributed by atoms with Gasteiger partial charge in [0.15, 0.2) is 6.29 Å². The number of fused-ring (bicyclic) bond motifs is 1. The highest BCUT2D eigenvalue weighted by Gasteiger charge is 2.05. The van der Waals surface area contributed by atoms with Crippen molar-refractivity contribution in [3.8, 4) is 0 Å². The smallest absolute Gasteiger partial charge is 0.152 e. The number of aryl methyl sites for hydroxylation is 1. The van der Waals surface area contributed by atoms with E-state index in [9.17, 15) is 4.79 Å². The molecule has 0 fully saturated rings. The van der Waals surface area contributed by atoms with Crippen LogP contribution in [0, 0.1) is 6.92 Å². The number of hydrogen-bond acceptors (Lipinski definition) is 2. The van der Waals surface area contributed by atoms with Crippen LogP contribution in [0.2, 0.25) is 0 Å². The molecule has 0 aliphatic rings. The number of hydrogen-bond donors (Lipinski definition) is 1. The molecule has 2 heterocycles. The fourth-order valence-corrected chi connectivity index (χ4v) is 1.55. The summed E-state index contributed by atoms with van der Waals surface area (Å²) < 4.78 is 0.919. The van der Waals surface area contributed by atoms with E-state index in [1.807, 2.05) is 13.0 Å². The van der Waals surface area contributed by atoms with Crippen LogP contribution in [0.15, 0.2) is 16.7 Å². The lowest BCUT2D eigenvalue weighted by Crippen LogP contribution is -1.84. The van der Waals surface area contributed by atoms with E-state index < -0.39 is 0 Å². The maximum atomic E-state index is 10.6. The third kappa shape index (κ3) is 1.27. The Hall–Kier alpha value is -1.16. The highest BCUT2D eigenvalue weighted by atomic mass is 79.9. The molecule has 0 radical (unpaired) electrons. The number of halogens is 1. The molecule has 0 amide bonds. The van der Waals surface area contributed by atoms with Crippen molar-refractivity contribution < 1.29 is 4.79 Å². The molecule has 0 aliphatic carbocycles. The van der Waals surface area contributed by atoms with Crippen LogP contribution in [-0.2, 0) is 0 Å². The maximum Gasteiger partial charge on any atom is 0.152 e. The van der Waals surface area contributed by atoms with Gasteiger partial charge in [0.1, 0.15) is 5.65 Å². The predicted molar refractivity (Wildman–Crippen MR) is 53.9 cm³/mol. The number of aldehydes is 1. The van der Waals surface area contributed by atoms with E-state index in [2.05, 4.69) is 25.9 Å². The number of aromatic amines is 1. The number of pyridine rings is 1. The number of nitrogens with zero attached hydrogens (tertiary/aromatic N) is 1. The van der Waals surface area contributed by atoms with E-state index >= 15 is 0 Å². The zero-order valence-electron chi connectivity index (χ0n) is 6.97. The first kappa shape index (κ1) is 8.44. The molecule has 0 saturated carbocycles. The first-order chi connectivity index (χ1) is 6.22. The number of nitrogens with one attached hydrogen (secondary N) is 1. The Labute approximate surface area is 83.3 Å². The Morgan fingerprint density at radius 1 is 1.62 bits per heavy atom. The van der Waals surface area contributed by atoms with Gasteiger partial charge < -0.3 is 4.98 Å². The molecule has 2 aromatic rings. The Morgan fingerprint density at radius 3 is 3.08 bits per heavy atom. The number of aromatic nitrogens is 2. The largest absolute Gasteiger partial charge is 0.345 e. The van der Waals surface area contributed by atoms with E-state index in [0.29, 0.717) is 5.56 Å². The third-order valence-corrected chi connectivity index (χ3v) is 2.76. The predicted octanol–water partition coefficient (Wildman–Crippen LogP) is 2.45. The van der Waals surface area contributed by atoms with Crippen molar-refractivity contribution in [2.75, 3.05) is 0 Å². The zero-order chi connectivity index (χ0) is 9.42. The minimum atomic E-state index is 0.642. The van der Waals surface area contributed by atoms with Crippen molar-refractivity contribution in [2.24, 2.45) is 0 Å². The van der Waals surface area contributed by atoms with Gasteiger partial charge in [-0.1, -0.05) is 0 Å². The van der Waals surface area contributed by atoms with Crippen LogP contribution in [0.4, 0.5) is 0 Å². The van der Waals surface area contributed by atoms with Gasteiger partial charge >= 0.3 is 0 Å². The van der Waals surface area contributed by atoms with Crippen LogP contribution >= 0.6 is 15.9 Å². The summed E-state index contributed by atoms with van der Waals surface area (Å²) in [5.74, 6) is 0. The molecule has 2 aromatic heterocycles. The molecular formula is C9H7BrN2O. The number of carbonyl (C=O) groups is 1. The van der Waals surface area contributed by atoms with Gasteiger partial charge in [-0.3, -0.25) is 4.79 Å². The van der Waals surface area contributed by atoms with Crippen LogP contribution in [0.5, 0.6) is 0 Å². The van der Waals surface area contributed by atoms with Crippen molar-refractivity contribution in [3.63, 3.8) is 0 Å². The van der Waals surface area contributed by atoms with Crippen molar-refractivity contribution in [2.45, 2.75) is 6.92 Å². The molecule has 0 atom stereocenters. The van der Waals surface area contributed by atoms with Crippen molar-refractivity contribution in [1.82, 2.24) is 9.97 Å². The topological polar surface area (TPSA) is 45.8 Å². The third-order valence-electron chi connectivity index (χ3n) is 1.95. The van der Waals surface area contributed by atoms with E-state index in [-0.39, 0.29) is 0 Å². The Kier molecular flexibility index (Phi) is 1.92. The van der Waals surface area contributed by atoms with Crippen LogP contribution < -0.4 is 0 Å². The molecule has 1 N–H and O–H groups in total. The normalized spacial score (nSPS) is 10.6. The first-order valence-electron chi connectivity index (χ1n) is 3.82. The summed E-state index contributed by atoms with van der Waals surface area (Å²) in [4.78, 5) is 17.8. The van der Waals surface area contributed by atoms with Crippen LogP contribution in [0.1, 0.15) is 16.1 Å². The van der Waals surface area contributed by atoms with E-state index in [1.165, 1.54) is 0 Å². The number of rotatable bonds is 1. The van der Waals surface area contributed by atoms with Crippen molar-refractivity contribution in [3.05, 3.63) is 28.0 Å². The van der Waals surface area contributed by atoms with E-state index in [4.69, 9.17) is 0 Å². The van der Waals surface area contributed by atoms with Crippen molar-refractivity contribution in [1.29, 1.82) is 0 Å². The molecule has 0 aliphatic heterocycles. The lowest BCUT2D eigenvalue weighted by Gasteiger charge is -1.96. The molecule has 0 aromatic carbocycles. The maximum absolute atomic E-state index is 10.6. The average Bonchev–Trinajstić information content (AvgIpc) is 2.48. The van der Waals surface area contributed by atoms with Crippen LogP contribution in [-0.4, -0.2) is 16.3 Å². The molecule has 0 saturated heterocycles. The van der Waals surface area contributed by atoms with Crippen LogP contribution in [0.25, 0.3) is 11.0 Å². The van der Waals surface area contributed by atoms with Crippen molar-refractivity contribution >= 4 is 33.2 Å². The highest BCUT2D eigenvalue weighted by Crippen LogP contribution is 2.22. The van der Waals surface area contributed by atoms with Gasteiger partial charge in [-0.25, -0.2) is 4.98 Å². The summed E-state index contributed by atoms with van der Waals surface area (Å²) in [6, 6.07) is 1.90. The summed E-state index contributed by atoms with van der Waals surface area (Å²) in [5, 5.41) is 0.854. The molecular weight excluding hydrogens is 232 g/mol. The lowest BCUT2D eigenvalue weighted by atomic mass is 10.2. The second-order valence-corrected chi connectivity index (χ2v) is 3.67. The molecule has 2 rings (SSSR count). The Morgan fingerprint density at radius 2 is 2.38 bits per heavy atom. The summed E-state index contributed by atoms with van der Waals surface area (Å²) in [6.45, 7) is 1.91. The molecule has 13 heavy (non-hydrogen) atoms. The fraction of sp³-hybridized carbons (Fsp3) is 0.111. The average molecular weight is 239 g/mol. The summed E-state index contributed by atoms with van der Waals surface area (Å²) in [6.07, 6.45) is 2.48. The fourth-order valence-electron chi connectivity index (χ4n) is 1.23. The molecule has 0 spiro atoms. The second-order valence-electron chi connectivity index (χ2n) is 2.81. The van der Waals surface area contributed by atoms with Gasteiger partial charge in [0, 0.05) is 21.6 Å². The first-order valence-corrected chi connectivity index (χ1v) is 4.61. The standard InChI is InChI=1S/C9H7BrN2O/c1-5-8(10)2-7-6(4-13)3-11-9(7)12-5/h2-4H,1H3,(H,11,12). The summed E-state index contributed by atoms with van der Waals surface area (Å²) in [7, 11) is 0. The molecule has 3 nitrogen and oxygen atoms in total. The second kappa shape index (κ2) is 2.96. The highest BCUT2D eigenvalue weighted by molar-refractivity contribution is 9.10. The van der Waals surface area contributed by atoms with E-state index in [1.54, 1.807) is 6.20 Å². The molecule has 66 valence electrons. The summed E-state index contributed by atoms with van der Waals surface area (Å²) >= 11 is 3.37. The van der Waals surface area contributed by atoms with Crippen LogP contribution in [0.3, 0.4) is 0 Å². The number of H-pyrrole nitrogens is 1. The Bertz CT molecular complexity index is 476. The van der Waals surface area contributed by atoms with Gasteiger partial charge in [-0.2, -0.15) is 0 Å². The van der Waals surface area contributed by atoms with E-state index in [0.717, 1.165) is 27.5 Å². The monoisotopic (exact) mass is 238 g/mol. The van der Waals surface area contributed by atoms with Gasteiger partial charge in [0.2, 0.25) is 0 Å². The minimum Gasteiger partial charge on any atom is -0.345 e. The van der Waals surface area contributed by atoms with Gasteiger partial charge in [-0.05, 0) is 28.9 Å². The van der Waals surface area contributed by atoms with Gasteiger partial charge in [0.25, 0.3) is 0 Å². The quantitative estimate of drug-likeness (QED) is 0.777.